The average molecular weight is 256 g/mol. The van der Waals surface area contributed by atoms with Gasteiger partial charge < -0.3 is 16.4 Å². The number of rotatable bonds is 2. The van der Waals surface area contributed by atoms with Gasteiger partial charge in [0.15, 0.2) is 0 Å². The predicted octanol–water partition coefficient (Wildman–Crippen LogP) is 0.877. The molecule has 2 aromatic rings. The third-order valence-corrected chi connectivity index (χ3v) is 3.55. The molecule has 1 atom stereocenters. The van der Waals surface area contributed by atoms with Crippen molar-refractivity contribution >= 4 is 22.5 Å². The standard InChI is InChI=1S/C14H16N4O/c15-11-3-5-17-13-7-9(1-2-10(11)13)8-18-6-4-12(16)14(18)19/h1-3,5,7,12H,4,6,8,16H2,(H2,15,17)/t12-/m0/s1. The Morgan fingerprint density at radius 2 is 2.21 bits per heavy atom. The zero-order chi connectivity index (χ0) is 13.4. The number of carbonyl (C=O) groups excluding carboxylic acids is 1. The number of nitrogens with zero attached hydrogens (tertiary/aromatic N) is 2. The van der Waals surface area contributed by atoms with Gasteiger partial charge in [0, 0.05) is 30.4 Å². The van der Waals surface area contributed by atoms with Crippen LogP contribution < -0.4 is 11.5 Å². The SMILES string of the molecule is Nc1ccnc2cc(CN3CC[C@H](N)C3=O)ccc12. The molecule has 1 aromatic carbocycles. The van der Waals surface area contributed by atoms with Gasteiger partial charge in [0.2, 0.25) is 5.91 Å². The van der Waals surface area contributed by atoms with Crippen LogP contribution >= 0.6 is 0 Å². The molecular weight excluding hydrogens is 240 g/mol. The predicted molar refractivity (Wildman–Crippen MR) is 74.2 cm³/mol. The second kappa shape index (κ2) is 4.51. The first-order valence-corrected chi connectivity index (χ1v) is 6.32. The molecule has 2 heterocycles. The molecule has 5 nitrogen and oxygen atoms in total. The normalized spacial score (nSPS) is 19.3. The molecule has 0 bridgehead atoms. The average Bonchev–Trinajstić information content (AvgIpc) is 2.71. The largest absolute Gasteiger partial charge is 0.398 e. The summed E-state index contributed by atoms with van der Waals surface area (Å²) in [6.45, 7) is 1.31. The minimum absolute atomic E-state index is 0.0284. The molecule has 0 aliphatic carbocycles. The van der Waals surface area contributed by atoms with Gasteiger partial charge in [0.05, 0.1) is 11.6 Å². The number of anilines is 1. The first-order chi connectivity index (χ1) is 9.15. The van der Waals surface area contributed by atoms with E-state index in [2.05, 4.69) is 4.98 Å². The summed E-state index contributed by atoms with van der Waals surface area (Å²) in [5, 5.41) is 0.940. The molecule has 1 aromatic heterocycles. The van der Waals surface area contributed by atoms with Gasteiger partial charge in [-0.15, -0.1) is 0 Å². The molecular formula is C14H16N4O. The highest BCUT2D eigenvalue weighted by Gasteiger charge is 2.28. The maximum Gasteiger partial charge on any atom is 0.239 e. The van der Waals surface area contributed by atoms with E-state index in [0.717, 1.165) is 35.1 Å². The van der Waals surface area contributed by atoms with E-state index in [-0.39, 0.29) is 11.9 Å². The number of amides is 1. The van der Waals surface area contributed by atoms with Gasteiger partial charge in [-0.25, -0.2) is 0 Å². The fraction of sp³-hybridized carbons (Fsp3) is 0.286. The number of carbonyl (C=O) groups is 1. The summed E-state index contributed by atoms with van der Waals surface area (Å²) < 4.78 is 0. The number of nitrogen functional groups attached to an aromatic ring is 1. The Bertz CT molecular complexity index is 640. The van der Waals surface area contributed by atoms with Crippen molar-refractivity contribution in [1.29, 1.82) is 0 Å². The van der Waals surface area contributed by atoms with E-state index in [4.69, 9.17) is 11.5 Å². The topological polar surface area (TPSA) is 85.2 Å². The molecule has 1 aliphatic rings. The Balaban J connectivity index is 1.88. The van der Waals surface area contributed by atoms with Gasteiger partial charge in [-0.2, -0.15) is 0 Å². The van der Waals surface area contributed by atoms with Crippen molar-refractivity contribution in [1.82, 2.24) is 9.88 Å². The van der Waals surface area contributed by atoms with E-state index in [1.165, 1.54) is 0 Å². The Morgan fingerprint density at radius 3 is 2.95 bits per heavy atom. The highest BCUT2D eigenvalue weighted by atomic mass is 16.2. The Kier molecular flexibility index (Phi) is 2.83. The summed E-state index contributed by atoms with van der Waals surface area (Å²) in [5.74, 6) is 0.0284. The first kappa shape index (κ1) is 11.9. The molecule has 1 saturated heterocycles. The molecule has 0 spiro atoms. The van der Waals surface area contributed by atoms with Crippen LogP contribution in [0.3, 0.4) is 0 Å². The highest BCUT2D eigenvalue weighted by molar-refractivity contribution is 5.90. The van der Waals surface area contributed by atoms with E-state index >= 15 is 0 Å². The smallest absolute Gasteiger partial charge is 0.239 e. The number of benzene rings is 1. The molecule has 3 rings (SSSR count). The Morgan fingerprint density at radius 1 is 1.37 bits per heavy atom. The number of nitrogens with two attached hydrogens (primary N) is 2. The number of pyridine rings is 1. The van der Waals surface area contributed by atoms with Crippen LogP contribution in [0.2, 0.25) is 0 Å². The molecule has 1 amide bonds. The zero-order valence-corrected chi connectivity index (χ0v) is 10.5. The Hall–Kier alpha value is -2.14. The number of likely N-dealkylation sites (tertiary alicyclic amines) is 1. The lowest BCUT2D eigenvalue weighted by Gasteiger charge is -2.16. The van der Waals surface area contributed by atoms with Crippen molar-refractivity contribution in [2.24, 2.45) is 5.73 Å². The fourth-order valence-electron chi connectivity index (χ4n) is 2.45. The summed E-state index contributed by atoms with van der Waals surface area (Å²) in [6.07, 6.45) is 2.43. The first-order valence-electron chi connectivity index (χ1n) is 6.32. The maximum atomic E-state index is 11.8. The minimum Gasteiger partial charge on any atom is -0.398 e. The zero-order valence-electron chi connectivity index (χ0n) is 10.5. The van der Waals surface area contributed by atoms with Crippen LogP contribution in [0.25, 0.3) is 10.9 Å². The van der Waals surface area contributed by atoms with Crippen molar-refractivity contribution in [3.05, 3.63) is 36.0 Å². The molecule has 4 N–H and O–H groups in total. The lowest BCUT2D eigenvalue weighted by Crippen LogP contribution is -2.33. The third kappa shape index (κ3) is 2.13. The van der Waals surface area contributed by atoms with Crippen LogP contribution in [0.15, 0.2) is 30.5 Å². The minimum atomic E-state index is -0.339. The van der Waals surface area contributed by atoms with E-state index in [0.29, 0.717) is 6.54 Å². The highest BCUT2D eigenvalue weighted by Crippen LogP contribution is 2.21. The molecule has 0 unspecified atom stereocenters. The van der Waals surface area contributed by atoms with Gasteiger partial charge in [-0.3, -0.25) is 9.78 Å². The number of hydrogen-bond acceptors (Lipinski definition) is 4. The summed E-state index contributed by atoms with van der Waals surface area (Å²) in [6, 6.07) is 7.35. The monoisotopic (exact) mass is 256 g/mol. The summed E-state index contributed by atoms with van der Waals surface area (Å²) >= 11 is 0. The van der Waals surface area contributed by atoms with Crippen molar-refractivity contribution < 1.29 is 4.79 Å². The van der Waals surface area contributed by atoms with Gasteiger partial charge in [-0.1, -0.05) is 12.1 Å². The van der Waals surface area contributed by atoms with Gasteiger partial charge in [-0.05, 0) is 24.1 Å². The number of aromatic nitrogens is 1. The van der Waals surface area contributed by atoms with Crippen LogP contribution in [0.4, 0.5) is 5.69 Å². The van der Waals surface area contributed by atoms with E-state index in [9.17, 15) is 4.79 Å². The fourth-order valence-corrected chi connectivity index (χ4v) is 2.45. The van der Waals surface area contributed by atoms with Crippen LogP contribution in [-0.4, -0.2) is 28.4 Å². The van der Waals surface area contributed by atoms with Crippen LogP contribution in [0, 0.1) is 0 Å². The van der Waals surface area contributed by atoms with Gasteiger partial charge in [0.25, 0.3) is 0 Å². The summed E-state index contributed by atoms with van der Waals surface area (Å²) in [7, 11) is 0. The molecule has 5 heteroatoms. The number of hydrogen-bond donors (Lipinski definition) is 2. The Labute approximate surface area is 111 Å². The quantitative estimate of drug-likeness (QED) is 0.835. The van der Waals surface area contributed by atoms with E-state index in [1.807, 2.05) is 18.2 Å². The summed E-state index contributed by atoms with van der Waals surface area (Å²) in [5.41, 5.74) is 14.2. The van der Waals surface area contributed by atoms with Crippen LogP contribution in [0.1, 0.15) is 12.0 Å². The lowest BCUT2D eigenvalue weighted by molar-refractivity contribution is -0.129. The number of fused-ring (bicyclic) bond motifs is 1. The van der Waals surface area contributed by atoms with Crippen LogP contribution in [-0.2, 0) is 11.3 Å². The lowest BCUT2D eigenvalue weighted by atomic mass is 10.1. The van der Waals surface area contributed by atoms with Gasteiger partial charge in [0.1, 0.15) is 0 Å². The van der Waals surface area contributed by atoms with Crippen molar-refractivity contribution in [3.63, 3.8) is 0 Å². The second-order valence-electron chi connectivity index (χ2n) is 4.91. The molecule has 1 fully saturated rings. The van der Waals surface area contributed by atoms with Crippen molar-refractivity contribution in [3.8, 4) is 0 Å². The molecule has 0 saturated carbocycles. The molecule has 98 valence electrons. The third-order valence-electron chi connectivity index (χ3n) is 3.55. The second-order valence-corrected chi connectivity index (χ2v) is 4.91. The van der Waals surface area contributed by atoms with Crippen LogP contribution in [0.5, 0.6) is 0 Å². The summed E-state index contributed by atoms with van der Waals surface area (Å²) in [4.78, 5) is 17.9. The maximum absolute atomic E-state index is 11.8. The molecule has 1 aliphatic heterocycles. The van der Waals surface area contributed by atoms with E-state index < -0.39 is 0 Å². The molecule has 19 heavy (non-hydrogen) atoms. The van der Waals surface area contributed by atoms with Gasteiger partial charge >= 0.3 is 0 Å². The molecule has 0 radical (unpaired) electrons. The van der Waals surface area contributed by atoms with Crippen molar-refractivity contribution in [2.45, 2.75) is 19.0 Å². The van der Waals surface area contributed by atoms with E-state index in [1.54, 1.807) is 17.2 Å². The van der Waals surface area contributed by atoms with Crippen molar-refractivity contribution in [2.75, 3.05) is 12.3 Å².